The van der Waals surface area contributed by atoms with E-state index in [1.165, 1.54) is 0 Å². The monoisotopic (exact) mass is 606 g/mol. The zero-order valence-electron chi connectivity index (χ0n) is 15.7. The van der Waals surface area contributed by atoms with Crippen molar-refractivity contribution in [2.24, 2.45) is 0 Å². The summed E-state index contributed by atoms with van der Waals surface area (Å²) in [5.41, 5.74) is 0. The Morgan fingerprint density at radius 1 is 0.378 bits per heavy atom. The first-order valence-electron chi connectivity index (χ1n) is 7.54. The van der Waals surface area contributed by atoms with Crippen molar-refractivity contribution in [1.82, 2.24) is 0 Å². The second kappa shape index (κ2) is 8.51. The molecule has 0 fully saturated rings. The lowest BCUT2D eigenvalue weighted by Gasteiger charge is -2.41. The smallest absolute Gasteiger partial charge is 0.430 e. The van der Waals surface area contributed by atoms with E-state index in [2.05, 4.69) is 0 Å². The maximum Gasteiger partial charge on any atom is 0.430 e. The molecule has 220 valence electrons. The van der Waals surface area contributed by atoms with Crippen LogP contribution < -0.4 is 0 Å². The van der Waals surface area contributed by atoms with Crippen LogP contribution in [0.4, 0.5) is 87.8 Å². The Morgan fingerprint density at radius 3 is 0.730 bits per heavy atom. The van der Waals surface area contributed by atoms with Crippen molar-refractivity contribution >= 4 is 11.9 Å². The van der Waals surface area contributed by atoms with Crippen molar-refractivity contribution in [3.63, 3.8) is 0 Å². The van der Waals surface area contributed by atoms with E-state index in [1.807, 2.05) is 0 Å². The van der Waals surface area contributed by atoms with Crippen LogP contribution in [0.3, 0.4) is 0 Å². The summed E-state index contributed by atoms with van der Waals surface area (Å²) in [7, 11) is 0. The second-order valence-electron chi connectivity index (χ2n) is 6.34. The molecular formula is C12H2F20O5. The number of alkyl halides is 20. The number of ether oxygens (including phenoxy) is 1. The fourth-order valence-corrected chi connectivity index (χ4v) is 1.71. The van der Waals surface area contributed by atoms with Crippen LogP contribution in [-0.2, 0) is 14.3 Å². The predicted molar refractivity (Wildman–Crippen MR) is 65.8 cm³/mol. The van der Waals surface area contributed by atoms with Gasteiger partial charge in [0.1, 0.15) is 0 Å². The molecule has 5 nitrogen and oxygen atoms in total. The van der Waals surface area contributed by atoms with E-state index >= 15 is 0 Å². The number of aliphatic carboxylic acids is 2. The molecule has 0 aromatic rings. The van der Waals surface area contributed by atoms with Gasteiger partial charge in [-0.25, -0.2) is 14.3 Å². The summed E-state index contributed by atoms with van der Waals surface area (Å²) in [6, 6.07) is 0. The van der Waals surface area contributed by atoms with Gasteiger partial charge in [-0.1, -0.05) is 0 Å². The Morgan fingerprint density at radius 2 is 0.568 bits per heavy atom. The van der Waals surface area contributed by atoms with Crippen LogP contribution in [0.1, 0.15) is 0 Å². The standard InChI is InChI=1S/C12H2F20O5/c13-3(14,1(33)34)5(17,18)7(21,22)9(25,26)11(29,30)37-12(31,32)10(27,28)8(23,24)6(19,20)4(15,16)2(35)36/h(H,33,34)(H,35,36). The van der Waals surface area contributed by atoms with Gasteiger partial charge in [0.15, 0.2) is 0 Å². The molecule has 0 aliphatic heterocycles. The lowest BCUT2D eigenvalue weighted by atomic mass is 9.96. The van der Waals surface area contributed by atoms with Crippen LogP contribution in [0.25, 0.3) is 0 Å². The van der Waals surface area contributed by atoms with Gasteiger partial charge in [0, 0.05) is 0 Å². The fourth-order valence-electron chi connectivity index (χ4n) is 1.71. The minimum Gasteiger partial charge on any atom is -0.477 e. The molecule has 0 heterocycles. The van der Waals surface area contributed by atoms with Gasteiger partial charge in [-0.3, -0.25) is 0 Å². The van der Waals surface area contributed by atoms with E-state index in [0.29, 0.717) is 0 Å². The average molecular weight is 606 g/mol. The highest BCUT2D eigenvalue weighted by Gasteiger charge is 2.93. The summed E-state index contributed by atoms with van der Waals surface area (Å²) in [5.74, 6) is -75.3. The molecule has 0 aromatic carbocycles. The Bertz CT molecular complexity index is 835. The molecular weight excluding hydrogens is 604 g/mol. The minimum atomic E-state index is -8.75. The molecule has 0 spiro atoms. The van der Waals surface area contributed by atoms with Gasteiger partial charge in [-0.05, 0) is 0 Å². The van der Waals surface area contributed by atoms with Crippen LogP contribution in [-0.4, -0.2) is 81.7 Å². The Hall–Kier alpha value is -2.50. The summed E-state index contributed by atoms with van der Waals surface area (Å²) >= 11 is 0. The Balaban J connectivity index is 6.81. The van der Waals surface area contributed by atoms with Crippen molar-refractivity contribution < 1.29 is 112 Å². The zero-order chi connectivity index (χ0) is 30.9. The van der Waals surface area contributed by atoms with Crippen LogP contribution >= 0.6 is 0 Å². The summed E-state index contributed by atoms with van der Waals surface area (Å²) in [5, 5.41) is 15.3. The number of carbonyl (C=O) groups is 2. The number of carboxylic acids is 2. The first kappa shape index (κ1) is 34.5. The molecule has 0 radical (unpaired) electrons. The van der Waals surface area contributed by atoms with E-state index in [9.17, 15) is 97.4 Å². The van der Waals surface area contributed by atoms with Crippen LogP contribution in [0, 0.1) is 0 Å². The van der Waals surface area contributed by atoms with Gasteiger partial charge in [0.25, 0.3) is 0 Å². The summed E-state index contributed by atoms with van der Waals surface area (Å²) in [6.45, 7) is 0. The third-order valence-electron chi connectivity index (χ3n) is 3.89. The van der Waals surface area contributed by atoms with Crippen molar-refractivity contribution in [3.05, 3.63) is 0 Å². The predicted octanol–water partition coefficient (Wildman–Crippen LogP) is 5.44. The second-order valence-corrected chi connectivity index (χ2v) is 6.34. The summed E-state index contributed by atoms with van der Waals surface area (Å²) in [4.78, 5) is 19.8. The molecule has 2 N–H and O–H groups in total. The highest BCUT2D eigenvalue weighted by molar-refractivity contribution is 5.77. The van der Waals surface area contributed by atoms with Gasteiger partial charge in [-0.2, -0.15) is 87.8 Å². The normalized spacial score (nSPS) is 16.1. The number of rotatable bonds is 12. The molecule has 0 amide bonds. The third-order valence-corrected chi connectivity index (χ3v) is 3.89. The number of hydrogen-bond donors (Lipinski definition) is 2. The maximum absolute atomic E-state index is 13.3. The summed E-state index contributed by atoms with van der Waals surface area (Å²) < 4.78 is 263. The molecule has 0 aliphatic carbocycles. The van der Waals surface area contributed by atoms with E-state index in [4.69, 9.17) is 10.2 Å². The average Bonchev–Trinajstić information content (AvgIpc) is 2.65. The molecule has 0 atom stereocenters. The fraction of sp³-hybridized carbons (Fsp3) is 0.833. The molecule has 0 unspecified atom stereocenters. The van der Waals surface area contributed by atoms with E-state index in [1.54, 1.807) is 0 Å². The van der Waals surface area contributed by atoms with Gasteiger partial charge in [0.2, 0.25) is 0 Å². The molecule has 37 heavy (non-hydrogen) atoms. The van der Waals surface area contributed by atoms with Gasteiger partial charge >= 0.3 is 71.5 Å². The highest BCUT2D eigenvalue weighted by Crippen LogP contribution is 2.61. The zero-order valence-corrected chi connectivity index (χ0v) is 15.7. The highest BCUT2D eigenvalue weighted by atomic mass is 19.4. The minimum absolute atomic E-state index is 0.886. The SMILES string of the molecule is O=C(O)C(F)(F)C(F)(F)C(F)(F)C(F)(F)C(F)(F)OC(F)(F)C(F)(F)C(F)(F)C(F)(F)C(F)(F)C(=O)O. The van der Waals surface area contributed by atoms with Gasteiger partial charge < -0.3 is 10.2 Å². The van der Waals surface area contributed by atoms with Crippen molar-refractivity contribution in [1.29, 1.82) is 0 Å². The van der Waals surface area contributed by atoms with Crippen molar-refractivity contribution in [2.75, 3.05) is 0 Å². The summed E-state index contributed by atoms with van der Waals surface area (Å²) in [6.07, 6.45) is -17.1. The molecule has 0 aromatic heterocycles. The van der Waals surface area contributed by atoms with Crippen LogP contribution in [0.2, 0.25) is 0 Å². The van der Waals surface area contributed by atoms with Crippen molar-refractivity contribution in [3.8, 4) is 0 Å². The molecule has 0 aliphatic rings. The Kier molecular flexibility index (Phi) is 7.93. The topological polar surface area (TPSA) is 83.8 Å². The quantitative estimate of drug-likeness (QED) is 0.290. The molecule has 0 rings (SSSR count). The third kappa shape index (κ3) is 4.34. The lowest BCUT2D eigenvalue weighted by Crippen LogP contribution is -2.72. The van der Waals surface area contributed by atoms with Crippen LogP contribution in [0.5, 0.6) is 0 Å². The maximum atomic E-state index is 13.3. The van der Waals surface area contributed by atoms with Crippen molar-refractivity contribution in [2.45, 2.75) is 59.6 Å². The number of halogens is 20. The number of carboxylic acid groups (broad SMARTS) is 2. The molecule has 25 heteroatoms. The molecule has 0 bridgehead atoms. The molecule has 0 saturated carbocycles. The Labute approximate surface area is 185 Å². The van der Waals surface area contributed by atoms with Gasteiger partial charge in [-0.15, -0.1) is 0 Å². The lowest BCUT2D eigenvalue weighted by molar-refractivity contribution is -0.520. The first-order chi connectivity index (χ1) is 15.6. The van der Waals surface area contributed by atoms with E-state index in [0.717, 1.165) is 4.74 Å². The molecule has 0 saturated heterocycles. The largest absolute Gasteiger partial charge is 0.477 e. The van der Waals surface area contributed by atoms with Crippen LogP contribution in [0.15, 0.2) is 0 Å². The van der Waals surface area contributed by atoms with E-state index in [-0.39, 0.29) is 0 Å². The number of hydrogen-bond acceptors (Lipinski definition) is 3. The van der Waals surface area contributed by atoms with E-state index < -0.39 is 71.5 Å². The first-order valence-corrected chi connectivity index (χ1v) is 7.54. The van der Waals surface area contributed by atoms with Gasteiger partial charge in [0.05, 0.1) is 0 Å².